The van der Waals surface area contributed by atoms with E-state index in [0.717, 1.165) is 11.1 Å². The molecule has 6 heteroatoms. The molecule has 0 N–H and O–H groups in total. The first-order chi connectivity index (χ1) is 14.1. The van der Waals surface area contributed by atoms with Gasteiger partial charge in [-0.2, -0.15) is 0 Å². The van der Waals surface area contributed by atoms with E-state index in [1.54, 1.807) is 63.2 Å². The summed E-state index contributed by atoms with van der Waals surface area (Å²) in [6.07, 6.45) is 0. The lowest BCUT2D eigenvalue weighted by atomic mass is 10.0. The van der Waals surface area contributed by atoms with E-state index in [2.05, 4.69) is 13.2 Å². The van der Waals surface area contributed by atoms with Crippen LogP contribution < -0.4 is 14.2 Å². The van der Waals surface area contributed by atoms with E-state index < -0.39 is 17.9 Å². The first-order valence-corrected chi connectivity index (χ1v) is 9.30. The fourth-order valence-electron chi connectivity index (χ4n) is 2.17. The third kappa shape index (κ3) is 5.91. The lowest BCUT2D eigenvalue weighted by molar-refractivity contribution is -0.138. The molecule has 0 heterocycles. The third-order valence-electron chi connectivity index (χ3n) is 3.92. The molecule has 156 valence electrons. The Morgan fingerprint density at radius 1 is 0.733 bits per heavy atom. The summed E-state index contributed by atoms with van der Waals surface area (Å²) < 4.78 is 15.9. The first kappa shape index (κ1) is 22.6. The molecule has 0 fully saturated rings. The quantitative estimate of drug-likeness (QED) is 0.369. The van der Waals surface area contributed by atoms with Gasteiger partial charge in [-0.25, -0.2) is 9.59 Å². The van der Waals surface area contributed by atoms with E-state index in [1.165, 1.54) is 6.92 Å². The molecule has 0 aromatic heterocycles. The SMILES string of the molecule is C=C(C)C(=O)Oc1ccc(-c2ccc(OC(=O)C(=C)C)c(OC(=O)C(C)C)c2)cc1. The van der Waals surface area contributed by atoms with E-state index in [9.17, 15) is 14.4 Å². The maximum atomic E-state index is 12.1. The van der Waals surface area contributed by atoms with E-state index in [-0.39, 0.29) is 23.0 Å². The van der Waals surface area contributed by atoms with Gasteiger partial charge in [-0.3, -0.25) is 4.79 Å². The van der Waals surface area contributed by atoms with Crippen molar-refractivity contribution >= 4 is 17.9 Å². The van der Waals surface area contributed by atoms with Crippen LogP contribution in [0.2, 0.25) is 0 Å². The van der Waals surface area contributed by atoms with Crippen LogP contribution >= 0.6 is 0 Å². The van der Waals surface area contributed by atoms with Gasteiger partial charge in [-0.1, -0.05) is 45.2 Å². The third-order valence-corrected chi connectivity index (χ3v) is 3.92. The van der Waals surface area contributed by atoms with Crippen LogP contribution in [0.5, 0.6) is 17.2 Å². The van der Waals surface area contributed by atoms with Gasteiger partial charge in [0.1, 0.15) is 5.75 Å². The second kappa shape index (κ2) is 9.69. The monoisotopic (exact) mass is 408 g/mol. The van der Waals surface area contributed by atoms with Crippen LogP contribution in [0.25, 0.3) is 11.1 Å². The van der Waals surface area contributed by atoms with Gasteiger partial charge in [-0.15, -0.1) is 0 Å². The van der Waals surface area contributed by atoms with Crippen molar-refractivity contribution in [2.45, 2.75) is 27.7 Å². The van der Waals surface area contributed by atoms with Gasteiger partial charge in [0.15, 0.2) is 11.5 Å². The molecule has 0 saturated heterocycles. The largest absolute Gasteiger partial charge is 0.423 e. The minimum absolute atomic E-state index is 0.118. The number of hydrogen-bond acceptors (Lipinski definition) is 6. The number of carbonyl (C=O) groups is 3. The van der Waals surface area contributed by atoms with Crippen molar-refractivity contribution in [1.82, 2.24) is 0 Å². The van der Waals surface area contributed by atoms with Crippen molar-refractivity contribution in [3.63, 3.8) is 0 Å². The lowest BCUT2D eigenvalue weighted by Gasteiger charge is -2.14. The van der Waals surface area contributed by atoms with Gasteiger partial charge in [0.05, 0.1) is 5.92 Å². The van der Waals surface area contributed by atoms with Gasteiger partial charge >= 0.3 is 17.9 Å². The molecule has 0 unspecified atom stereocenters. The molecule has 30 heavy (non-hydrogen) atoms. The Kier molecular flexibility index (Phi) is 7.31. The minimum atomic E-state index is -0.617. The summed E-state index contributed by atoms with van der Waals surface area (Å²) in [6, 6.07) is 11.7. The molecule has 0 radical (unpaired) electrons. The summed E-state index contributed by atoms with van der Waals surface area (Å²) in [4.78, 5) is 35.6. The second-order valence-corrected chi connectivity index (χ2v) is 7.10. The average molecular weight is 408 g/mol. The van der Waals surface area contributed by atoms with Crippen LogP contribution in [0, 0.1) is 5.92 Å². The standard InChI is InChI=1S/C24H24O6/c1-14(2)22(25)28-19-10-7-17(8-11-19)18-9-12-20(29-23(26)15(3)4)21(13-18)30-24(27)16(5)6/h7-13,16H,1,3H2,2,4-6H3. The highest BCUT2D eigenvalue weighted by Gasteiger charge is 2.17. The van der Waals surface area contributed by atoms with E-state index in [4.69, 9.17) is 14.2 Å². The van der Waals surface area contributed by atoms with Gasteiger partial charge in [-0.05, 0) is 49.2 Å². The van der Waals surface area contributed by atoms with Crippen molar-refractivity contribution in [1.29, 1.82) is 0 Å². The summed E-state index contributed by atoms with van der Waals surface area (Å²) in [5, 5.41) is 0. The maximum Gasteiger partial charge on any atom is 0.338 e. The Morgan fingerprint density at radius 2 is 1.27 bits per heavy atom. The Bertz CT molecular complexity index is 999. The van der Waals surface area contributed by atoms with Crippen molar-refractivity contribution < 1.29 is 28.6 Å². The fraction of sp³-hybridized carbons (Fsp3) is 0.208. The molecule has 0 saturated carbocycles. The Morgan fingerprint density at radius 3 is 1.80 bits per heavy atom. The number of benzene rings is 2. The predicted octanol–water partition coefficient (Wildman–Crippen LogP) is 4.88. The van der Waals surface area contributed by atoms with Crippen molar-refractivity contribution in [3.05, 3.63) is 66.8 Å². The zero-order chi connectivity index (χ0) is 22.4. The van der Waals surface area contributed by atoms with Crippen LogP contribution in [0.1, 0.15) is 27.7 Å². The second-order valence-electron chi connectivity index (χ2n) is 7.10. The molecule has 0 atom stereocenters. The summed E-state index contributed by atoms with van der Waals surface area (Å²) >= 11 is 0. The Balaban J connectivity index is 2.35. The molecular weight excluding hydrogens is 384 g/mol. The minimum Gasteiger partial charge on any atom is -0.423 e. The highest BCUT2D eigenvalue weighted by atomic mass is 16.6. The van der Waals surface area contributed by atoms with Gasteiger partial charge in [0.25, 0.3) is 0 Å². The topological polar surface area (TPSA) is 78.9 Å². The smallest absolute Gasteiger partial charge is 0.338 e. The molecule has 0 aliphatic rings. The molecule has 0 spiro atoms. The summed E-state index contributed by atoms with van der Waals surface area (Å²) in [5.74, 6) is -1.32. The van der Waals surface area contributed by atoms with Crippen molar-refractivity contribution in [2.75, 3.05) is 0 Å². The van der Waals surface area contributed by atoms with Crippen LogP contribution in [0.4, 0.5) is 0 Å². The molecule has 2 aromatic carbocycles. The highest BCUT2D eigenvalue weighted by molar-refractivity contribution is 5.90. The fourth-order valence-corrected chi connectivity index (χ4v) is 2.17. The number of rotatable bonds is 7. The normalized spacial score (nSPS) is 10.3. The van der Waals surface area contributed by atoms with Gasteiger partial charge in [0, 0.05) is 11.1 Å². The maximum absolute atomic E-state index is 12.1. The molecule has 0 bridgehead atoms. The summed E-state index contributed by atoms with van der Waals surface area (Å²) in [6.45, 7) is 13.6. The molecule has 2 aromatic rings. The van der Waals surface area contributed by atoms with E-state index in [1.807, 2.05) is 0 Å². The molecular formula is C24H24O6. The van der Waals surface area contributed by atoms with Gasteiger partial charge < -0.3 is 14.2 Å². The van der Waals surface area contributed by atoms with Crippen molar-refractivity contribution in [2.24, 2.45) is 5.92 Å². The molecule has 0 amide bonds. The van der Waals surface area contributed by atoms with Crippen LogP contribution in [0.15, 0.2) is 66.8 Å². The molecule has 0 aliphatic heterocycles. The van der Waals surface area contributed by atoms with E-state index in [0.29, 0.717) is 11.3 Å². The Labute approximate surface area is 175 Å². The molecule has 6 nitrogen and oxygen atoms in total. The Hall–Kier alpha value is -3.67. The molecule has 2 rings (SSSR count). The van der Waals surface area contributed by atoms with Crippen LogP contribution in [-0.2, 0) is 14.4 Å². The van der Waals surface area contributed by atoms with E-state index >= 15 is 0 Å². The average Bonchev–Trinajstić information content (AvgIpc) is 2.69. The van der Waals surface area contributed by atoms with Crippen LogP contribution in [0.3, 0.4) is 0 Å². The summed E-state index contributed by atoms with van der Waals surface area (Å²) in [7, 11) is 0. The number of ether oxygens (including phenoxy) is 3. The number of esters is 3. The lowest BCUT2D eigenvalue weighted by Crippen LogP contribution is -2.16. The van der Waals surface area contributed by atoms with Gasteiger partial charge in [0.2, 0.25) is 0 Å². The highest BCUT2D eigenvalue weighted by Crippen LogP contribution is 2.34. The number of hydrogen-bond donors (Lipinski definition) is 0. The number of carbonyl (C=O) groups excluding carboxylic acids is 3. The predicted molar refractivity (Wildman–Crippen MR) is 113 cm³/mol. The zero-order valence-electron chi connectivity index (χ0n) is 17.5. The van der Waals surface area contributed by atoms with Crippen LogP contribution in [-0.4, -0.2) is 17.9 Å². The first-order valence-electron chi connectivity index (χ1n) is 9.30. The molecule has 0 aliphatic carbocycles. The zero-order valence-corrected chi connectivity index (χ0v) is 17.5. The summed E-state index contributed by atoms with van der Waals surface area (Å²) in [5.41, 5.74) is 2.02. The van der Waals surface area contributed by atoms with Crippen molar-refractivity contribution in [3.8, 4) is 28.4 Å².